The lowest BCUT2D eigenvalue weighted by Gasteiger charge is -2.47. The fourth-order valence-electron chi connectivity index (χ4n) is 7.36. The summed E-state index contributed by atoms with van der Waals surface area (Å²) >= 11 is 0. The minimum atomic E-state index is -0.302. The first-order valence-electron chi connectivity index (χ1n) is 11.2. The molecule has 30 heavy (non-hydrogen) atoms. The second-order valence-corrected chi connectivity index (χ2v) is 9.70. The fraction of sp³-hybridized carbons (Fsp3) is 0.462. The molecule has 1 aliphatic heterocycles. The molecule has 6 atom stereocenters. The second kappa shape index (κ2) is 6.18. The minimum absolute atomic E-state index is 0.0115. The summed E-state index contributed by atoms with van der Waals surface area (Å²) in [7, 11) is 0. The molecular weight excluding hydrogens is 372 g/mol. The minimum Gasteiger partial charge on any atom is -0.423 e. The summed E-state index contributed by atoms with van der Waals surface area (Å²) in [5, 5.41) is 9.56. The molecule has 3 fully saturated rings. The van der Waals surface area contributed by atoms with Crippen LogP contribution in [-0.2, 0) is 11.8 Å². The van der Waals surface area contributed by atoms with Crippen LogP contribution in [0.15, 0.2) is 48.5 Å². The first kappa shape index (κ1) is 18.2. The van der Waals surface area contributed by atoms with Gasteiger partial charge in [-0.1, -0.05) is 37.1 Å². The maximum atomic E-state index is 12.6. The zero-order valence-electron chi connectivity index (χ0n) is 17.3. The summed E-state index contributed by atoms with van der Waals surface area (Å²) < 4.78 is 5.77. The molecule has 2 aromatic rings. The van der Waals surface area contributed by atoms with Gasteiger partial charge in [-0.15, -0.1) is 0 Å². The predicted octanol–water partition coefficient (Wildman–Crippen LogP) is 4.63. The van der Waals surface area contributed by atoms with Crippen LogP contribution < -0.4 is 4.74 Å². The third kappa shape index (κ3) is 2.27. The Kier molecular flexibility index (Phi) is 3.74. The summed E-state index contributed by atoms with van der Waals surface area (Å²) in [6.45, 7) is 2.05. The highest BCUT2D eigenvalue weighted by molar-refractivity contribution is 5.91. The summed E-state index contributed by atoms with van der Waals surface area (Å²) in [6.07, 6.45) is 7.18. The number of piperidine rings is 1. The summed E-state index contributed by atoms with van der Waals surface area (Å²) in [6, 6.07) is 18.5. The van der Waals surface area contributed by atoms with Crippen LogP contribution in [0.25, 0.3) is 0 Å². The number of carbonyl (C=O) groups is 1. The van der Waals surface area contributed by atoms with Crippen molar-refractivity contribution in [3.05, 3.63) is 65.2 Å². The second-order valence-electron chi connectivity index (χ2n) is 9.70. The normalized spacial score (nSPS) is 35.9. The Balaban J connectivity index is 1.37. The molecule has 1 heterocycles. The van der Waals surface area contributed by atoms with E-state index in [1.807, 2.05) is 24.3 Å². The Morgan fingerprint density at radius 3 is 2.87 bits per heavy atom. The average molecular weight is 399 g/mol. The topological polar surface area (TPSA) is 53.1 Å². The van der Waals surface area contributed by atoms with Gasteiger partial charge in [0.25, 0.3) is 0 Å². The van der Waals surface area contributed by atoms with E-state index in [2.05, 4.69) is 30.0 Å². The van der Waals surface area contributed by atoms with E-state index in [9.17, 15) is 10.1 Å². The molecule has 4 heteroatoms. The number of carbonyl (C=O) groups excluding carboxylic acids is 1. The van der Waals surface area contributed by atoms with Gasteiger partial charge in [0.15, 0.2) is 0 Å². The molecule has 152 valence electrons. The van der Waals surface area contributed by atoms with Gasteiger partial charge >= 0.3 is 5.97 Å². The molecule has 0 radical (unpaired) electrons. The zero-order chi connectivity index (χ0) is 20.5. The van der Waals surface area contributed by atoms with Gasteiger partial charge in [-0.25, -0.2) is 4.79 Å². The van der Waals surface area contributed by atoms with Crippen molar-refractivity contribution in [3.8, 4) is 11.8 Å². The fourth-order valence-corrected chi connectivity index (χ4v) is 7.36. The molecule has 1 saturated heterocycles. The van der Waals surface area contributed by atoms with E-state index in [0.717, 1.165) is 12.8 Å². The summed E-state index contributed by atoms with van der Waals surface area (Å²) in [5.74, 6) is 0.965. The van der Waals surface area contributed by atoms with E-state index in [-0.39, 0.29) is 23.0 Å². The highest BCUT2D eigenvalue weighted by Gasteiger charge is 2.78. The van der Waals surface area contributed by atoms with Crippen LogP contribution in [-0.4, -0.2) is 28.5 Å². The van der Waals surface area contributed by atoms with Crippen molar-refractivity contribution >= 4 is 5.97 Å². The SMILES string of the molecule is CC(C#N)N1C2[C@@H]3CCCC[C@@]34CC21Cc1ccc(OC(=O)c2ccccc2)cc14. The number of nitriles is 1. The number of ether oxygens (including phenoxy) is 1. The first-order chi connectivity index (χ1) is 14.6. The molecule has 4 unspecified atom stereocenters. The van der Waals surface area contributed by atoms with Gasteiger partial charge in [0.05, 0.1) is 17.7 Å². The lowest BCUT2D eigenvalue weighted by atomic mass is 9.60. The van der Waals surface area contributed by atoms with Gasteiger partial charge in [0.1, 0.15) is 5.75 Å². The van der Waals surface area contributed by atoms with Gasteiger partial charge < -0.3 is 4.74 Å². The van der Waals surface area contributed by atoms with Gasteiger partial charge in [-0.05, 0) is 73.9 Å². The van der Waals surface area contributed by atoms with E-state index >= 15 is 0 Å². The quantitative estimate of drug-likeness (QED) is 0.430. The molecule has 4 nitrogen and oxygen atoms in total. The van der Waals surface area contributed by atoms with Crippen molar-refractivity contribution in [1.82, 2.24) is 4.90 Å². The maximum absolute atomic E-state index is 12.6. The van der Waals surface area contributed by atoms with Gasteiger partial charge in [-0.2, -0.15) is 5.26 Å². The monoisotopic (exact) mass is 398 g/mol. The molecule has 4 aliphatic rings. The van der Waals surface area contributed by atoms with Crippen LogP contribution in [0.4, 0.5) is 0 Å². The number of likely N-dealkylation sites (tertiary alicyclic amines) is 1. The molecule has 0 amide bonds. The van der Waals surface area contributed by atoms with Gasteiger partial charge in [0.2, 0.25) is 0 Å². The molecular formula is C26H26N2O2. The van der Waals surface area contributed by atoms with Crippen molar-refractivity contribution in [1.29, 1.82) is 5.26 Å². The van der Waals surface area contributed by atoms with Crippen LogP contribution in [0, 0.1) is 17.2 Å². The van der Waals surface area contributed by atoms with Gasteiger partial charge in [0, 0.05) is 17.0 Å². The van der Waals surface area contributed by atoms with Crippen molar-refractivity contribution in [2.24, 2.45) is 5.92 Å². The Morgan fingerprint density at radius 2 is 2.07 bits per heavy atom. The smallest absolute Gasteiger partial charge is 0.343 e. The lowest BCUT2D eigenvalue weighted by Crippen LogP contribution is -2.46. The van der Waals surface area contributed by atoms with E-state index in [0.29, 0.717) is 23.3 Å². The number of hydrogen-bond acceptors (Lipinski definition) is 4. The van der Waals surface area contributed by atoms with Crippen LogP contribution >= 0.6 is 0 Å². The highest BCUT2D eigenvalue weighted by Crippen LogP contribution is 2.72. The molecule has 2 bridgehead atoms. The number of nitrogens with zero attached hydrogens (tertiary/aromatic N) is 2. The number of rotatable bonds is 3. The van der Waals surface area contributed by atoms with Crippen LogP contribution in [0.5, 0.6) is 5.75 Å². The molecule has 2 spiro atoms. The lowest BCUT2D eigenvalue weighted by molar-refractivity contribution is 0.0733. The van der Waals surface area contributed by atoms with E-state index in [4.69, 9.17) is 4.74 Å². The standard InChI is InChI=1S/C26H26N2O2/c1-17(15-27)28-23-21-9-5-6-12-25(21)16-26(23,28)14-19-10-11-20(13-22(19)25)30-24(29)18-7-3-2-4-8-18/h2-4,7-8,10-11,13,17,21,23H,5-6,9,12,14,16H2,1H3/t17?,21-,23?,25+,26?,28?/m0/s1. The average Bonchev–Trinajstić information content (AvgIpc) is 3.31. The Hall–Kier alpha value is -2.64. The number of benzene rings is 2. The molecule has 2 aromatic carbocycles. The first-order valence-corrected chi connectivity index (χ1v) is 11.2. The number of esters is 1. The largest absolute Gasteiger partial charge is 0.423 e. The zero-order valence-corrected chi connectivity index (χ0v) is 17.3. The number of fused-ring (bicyclic) bond motifs is 2. The van der Waals surface area contributed by atoms with Gasteiger partial charge in [-0.3, -0.25) is 4.90 Å². The van der Waals surface area contributed by atoms with E-state index in [1.165, 1.54) is 36.8 Å². The predicted molar refractivity (Wildman–Crippen MR) is 113 cm³/mol. The Labute approximate surface area is 177 Å². The van der Waals surface area contributed by atoms with Crippen molar-refractivity contribution in [2.75, 3.05) is 0 Å². The maximum Gasteiger partial charge on any atom is 0.343 e. The molecule has 6 rings (SSSR count). The third-order valence-corrected chi connectivity index (χ3v) is 8.34. The van der Waals surface area contributed by atoms with Crippen molar-refractivity contribution in [2.45, 2.75) is 68.5 Å². The molecule has 0 N–H and O–H groups in total. The van der Waals surface area contributed by atoms with Crippen LogP contribution in [0.3, 0.4) is 0 Å². The third-order valence-electron chi connectivity index (χ3n) is 8.34. The summed E-state index contributed by atoms with van der Waals surface area (Å²) in [5.41, 5.74) is 3.75. The number of hydrogen-bond donors (Lipinski definition) is 0. The highest BCUT2D eigenvalue weighted by atomic mass is 16.5. The molecule has 3 aliphatic carbocycles. The summed E-state index contributed by atoms with van der Waals surface area (Å²) in [4.78, 5) is 15.1. The molecule has 2 saturated carbocycles. The Bertz CT molecular complexity index is 1070. The van der Waals surface area contributed by atoms with Crippen molar-refractivity contribution in [3.63, 3.8) is 0 Å². The van der Waals surface area contributed by atoms with Crippen LogP contribution in [0.2, 0.25) is 0 Å². The van der Waals surface area contributed by atoms with E-state index in [1.54, 1.807) is 12.1 Å². The van der Waals surface area contributed by atoms with E-state index < -0.39 is 0 Å². The van der Waals surface area contributed by atoms with Crippen molar-refractivity contribution < 1.29 is 9.53 Å². The Morgan fingerprint density at radius 1 is 1.23 bits per heavy atom. The van der Waals surface area contributed by atoms with Crippen LogP contribution in [0.1, 0.15) is 60.5 Å². The molecule has 0 aromatic heterocycles.